The first kappa shape index (κ1) is 27.1. The van der Waals surface area contributed by atoms with Gasteiger partial charge in [0.15, 0.2) is 0 Å². The second-order valence-corrected chi connectivity index (χ2v) is 12.4. The van der Waals surface area contributed by atoms with Gasteiger partial charge in [-0.25, -0.2) is 8.42 Å². The zero-order chi connectivity index (χ0) is 27.4. The van der Waals surface area contributed by atoms with Crippen molar-refractivity contribution in [2.45, 2.75) is 56.4 Å². The van der Waals surface area contributed by atoms with Crippen LogP contribution in [-0.4, -0.2) is 42.9 Å². The van der Waals surface area contributed by atoms with Gasteiger partial charge in [0.25, 0.3) is 11.5 Å². The number of hydrogen-bond acceptors (Lipinski definition) is 5. The molecule has 9 heteroatoms. The number of sulfonamides is 1. The summed E-state index contributed by atoms with van der Waals surface area (Å²) in [4.78, 5) is 25.2. The number of benzene rings is 2. The molecule has 0 aliphatic carbocycles. The maximum Gasteiger partial charge on any atom is 0.255 e. The van der Waals surface area contributed by atoms with Crippen molar-refractivity contribution in [1.29, 1.82) is 0 Å². The van der Waals surface area contributed by atoms with Crippen LogP contribution < -0.4 is 15.6 Å². The van der Waals surface area contributed by atoms with Gasteiger partial charge in [-0.05, 0) is 73.4 Å². The molecular weight excluding hydrogens is 514 g/mol. The number of hydrogen-bond donors (Lipinski definition) is 1. The number of rotatable bonds is 10. The molecule has 1 N–H and O–H groups in total. The minimum absolute atomic E-state index is 0.00224. The van der Waals surface area contributed by atoms with Crippen molar-refractivity contribution >= 4 is 21.6 Å². The molecule has 1 fully saturated rings. The fraction of sp³-hybridized carbons (Fsp3) is 0.400. The molecule has 2 bridgehead atoms. The predicted molar refractivity (Wildman–Crippen MR) is 151 cm³/mol. The van der Waals surface area contributed by atoms with Crippen LogP contribution in [0.1, 0.15) is 61.0 Å². The lowest BCUT2D eigenvalue weighted by Gasteiger charge is -2.42. The average molecular weight is 550 g/mol. The van der Waals surface area contributed by atoms with Crippen LogP contribution >= 0.6 is 0 Å². The summed E-state index contributed by atoms with van der Waals surface area (Å²) in [6, 6.07) is 18.5. The van der Waals surface area contributed by atoms with Crippen molar-refractivity contribution in [3.05, 3.63) is 88.3 Å². The Kier molecular flexibility index (Phi) is 8.18. The minimum atomic E-state index is -3.71. The Labute approximate surface area is 229 Å². The third-order valence-corrected chi connectivity index (χ3v) is 9.43. The monoisotopic (exact) mass is 549 g/mol. The van der Waals surface area contributed by atoms with Crippen LogP contribution in [0.4, 0.5) is 5.69 Å². The van der Waals surface area contributed by atoms with Crippen LogP contribution in [0.25, 0.3) is 0 Å². The molecule has 39 heavy (non-hydrogen) atoms. The first-order chi connectivity index (χ1) is 18.8. The Morgan fingerprint density at radius 2 is 1.72 bits per heavy atom. The highest BCUT2D eigenvalue weighted by Crippen LogP contribution is 2.37. The zero-order valence-corrected chi connectivity index (χ0v) is 23.0. The van der Waals surface area contributed by atoms with Crippen LogP contribution in [-0.2, 0) is 16.6 Å². The van der Waals surface area contributed by atoms with E-state index in [2.05, 4.69) is 12.2 Å². The average Bonchev–Trinajstić information content (AvgIpc) is 2.94. The number of unbranched alkanes of at least 4 members (excludes halogenated alkanes) is 3. The van der Waals surface area contributed by atoms with E-state index in [-0.39, 0.29) is 28.2 Å². The van der Waals surface area contributed by atoms with Gasteiger partial charge in [-0.3, -0.25) is 9.59 Å². The number of carbonyl (C=O) groups is 1. The van der Waals surface area contributed by atoms with Gasteiger partial charge in [0.05, 0.1) is 11.5 Å². The molecule has 3 aromatic rings. The summed E-state index contributed by atoms with van der Waals surface area (Å²) in [6.07, 6.45) is 5.42. The lowest BCUT2D eigenvalue weighted by atomic mass is 9.84. The Balaban J connectivity index is 1.20. The van der Waals surface area contributed by atoms with Crippen molar-refractivity contribution in [2.24, 2.45) is 5.92 Å². The van der Waals surface area contributed by atoms with Gasteiger partial charge < -0.3 is 14.6 Å². The fourth-order valence-electron chi connectivity index (χ4n) is 5.53. The lowest BCUT2D eigenvalue weighted by Crippen LogP contribution is -2.48. The number of ether oxygens (including phenoxy) is 1. The van der Waals surface area contributed by atoms with Crippen molar-refractivity contribution in [2.75, 3.05) is 25.0 Å². The Hall–Kier alpha value is -3.43. The van der Waals surface area contributed by atoms with E-state index in [0.29, 0.717) is 37.5 Å². The summed E-state index contributed by atoms with van der Waals surface area (Å²) in [7, 11) is -3.71. The van der Waals surface area contributed by atoms with Gasteiger partial charge in [0, 0.05) is 48.6 Å². The van der Waals surface area contributed by atoms with Crippen molar-refractivity contribution in [1.82, 2.24) is 8.87 Å². The van der Waals surface area contributed by atoms with E-state index < -0.39 is 10.0 Å². The zero-order valence-electron chi connectivity index (χ0n) is 22.2. The Bertz CT molecular complexity index is 1470. The standard InChI is InChI=1S/C30H35N3O5S/c1-2-3-4-5-17-38-26-13-9-23(10-14-26)30(35)31-25-11-15-27(16-12-25)39(36,37)32-19-22-18-24(21-32)28-7-6-8-29(34)33(28)20-22/h6-16,22,24H,2-5,17-21H2,1H3,(H,31,35). The summed E-state index contributed by atoms with van der Waals surface area (Å²) in [5.74, 6) is 0.549. The van der Waals surface area contributed by atoms with Crippen LogP contribution in [0.3, 0.4) is 0 Å². The summed E-state index contributed by atoms with van der Waals surface area (Å²) in [5.41, 5.74) is 1.88. The van der Waals surface area contributed by atoms with Gasteiger partial charge in [0.2, 0.25) is 10.0 Å². The van der Waals surface area contributed by atoms with E-state index in [0.717, 1.165) is 30.7 Å². The number of fused-ring (bicyclic) bond motifs is 4. The number of nitrogens with one attached hydrogen (secondary N) is 1. The fourth-order valence-corrected chi connectivity index (χ4v) is 7.09. The van der Waals surface area contributed by atoms with Crippen LogP contribution in [0.5, 0.6) is 5.75 Å². The van der Waals surface area contributed by atoms with E-state index in [4.69, 9.17) is 4.74 Å². The summed E-state index contributed by atoms with van der Waals surface area (Å²) < 4.78 is 36.0. The molecule has 206 valence electrons. The molecule has 2 aliphatic heterocycles. The van der Waals surface area contributed by atoms with Crippen LogP contribution in [0.2, 0.25) is 0 Å². The highest BCUT2D eigenvalue weighted by molar-refractivity contribution is 7.89. The number of carbonyl (C=O) groups excluding carboxylic acids is 1. The largest absolute Gasteiger partial charge is 0.494 e. The topological polar surface area (TPSA) is 97.7 Å². The molecule has 8 nitrogen and oxygen atoms in total. The number of piperidine rings is 1. The second-order valence-electron chi connectivity index (χ2n) is 10.4. The molecule has 2 aromatic carbocycles. The van der Waals surface area contributed by atoms with Crippen molar-refractivity contribution in [3.8, 4) is 5.75 Å². The predicted octanol–water partition coefficient (Wildman–Crippen LogP) is 4.87. The van der Waals surface area contributed by atoms with E-state index >= 15 is 0 Å². The molecule has 2 unspecified atom stereocenters. The highest BCUT2D eigenvalue weighted by atomic mass is 32.2. The van der Waals surface area contributed by atoms with Crippen molar-refractivity contribution < 1.29 is 17.9 Å². The maximum absolute atomic E-state index is 13.5. The first-order valence-electron chi connectivity index (χ1n) is 13.7. The number of nitrogens with zero attached hydrogens (tertiary/aromatic N) is 2. The molecule has 1 saturated heterocycles. The van der Waals surface area contributed by atoms with Gasteiger partial charge >= 0.3 is 0 Å². The number of pyridine rings is 1. The van der Waals surface area contributed by atoms with E-state index in [1.165, 1.54) is 29.3 Å². The third kappa shape index (κ3) is 6.09. The van der Waals surface area contributed by atoms with Crippen LogP contribution in [0, 0.1) is 5.92 Å². The third-order valence-electron chi connectivity index (χ3n) is 7.58. The van der Waals surface area contributed by atoms with Crippen LogP contribution in [0.15, 0.2) is 76.4 Å². The Morgan fingerprint density at radius 1 is 0.949 bits per heavy atom. The lowest BCUT2D eigenvalue weighted by molar-refractivity contribution is 0.102. The number of amides is 1. The number of anilines is 1. The molecule has 1 amide bonds. The van der Waals surface area contributed by atoms with Gasteiger partial charge in [-0.2, -0.15) is 4.31 Å². The van der Waals surface area contributed by atoms with Gasteiger partial charge in [0.1, 0.15) is 5.75 Å². The van der Waals surface area contributed by atoms with Gasteiger partial charge in [-0.1, -0.05) is 32.3 Å². The first-order valence-corrected chi connectivity index (χ1v) is 15.1. The molecular formula is C30H35N3O5S. The molecule has 0 radical (unpaired) electrons. The second kappa shape index (κ2) is 11.8. The molecule has 3 heterocycles. The van der Waals surface area contributed by atoms with Crippen molar-refractivity contribution in [3.63, 3.8) is 0 Å². The Morgan fingerprint density at radius 3 is 2.46 bits per heavy atom. The quantitative estimate of drug-likeness (QED) is 0.364. The normalized spacial score (nSPS) is 18.8. The van der Waals surface area contributed by atoms with Gasteiger partial charge in [-0.15, -0.1) is 0 Å². The highest BCUT2D eigenvalue weighted by Gasteiger charge is 2.39. The molecule has 2 aliphatic rings. The van der Waals surface area contributed by atoms with E-state index in [1.807, 2.05) is 6.07 Å². The summed E-state index contributed by atoms with van der Waals surface area (Å²) in [5, 5.41) is 2.83. The van der Waals surface area contributed by atoms with E-state index in [1.54, 1.807) is 53.1 Å². The number of aromatic nitrogens is 1. The minimum Gasteiger partial charge on any atom is -0.494 e. The summed E-state index contributed by atoms with van der Waals surface area (Å²) in [6.45, 7) is 4.10. The molecule has 5 rings (SSSR count). The SMILES string of the molecule is CCCCCCOc1ccc(C(=O)Nc2ccc(S(=O)(=O)N3CC4CC(C3)c3cccc(=O)n3C4)cc2)cc1. The smallest absolute Gasteiger partial charge is 0.255 e. The molecule has 2 atom stereocenters. The molecule has 0 spiro atoms. The summed E-state index contributed by atoms with van der Waals surface area (Å²) >= 11 is 0. The maximum atomic E-state index is 13.5. The van der Waals surface area contributed by atoms with E-state index in [9.17, 15) is 18.0 Å². The molecule has 0 saturated carbocycles. The molecule has 1 aromatic heterocycles.